The highest BCUT2D eigenvalue weighted by molar-refractivity contribution is 6.33. The third-order valence-electron chi connectivity index (χ3n) is 4.04. The van der Waals surface area contributed by atoms with Gasteiger partial charge in [0.1, 0.15) is 6.04 Å². The van der Waals surface area contributed by atoms with Gasteiger partial charge in [0.2, 0.25) is 5.91 Å². The molecule has 1 aromatic carbocycles. The topological polar surface area (TPSA) is 92.8 Å². The molecule has 1 unspecified atom stereocenters. The van der Waals surface area contributed by atoms with Gasteiger partial charge in [-0.1, -0.05) is 37.6 Å². The molecule has 1 heterocycles. The minimum atomic E-state index is -0.944. The van der Waals surface area contributed by atoms with E-state index in [2.05, 4.69) is 5.32 Å². The van der Waals surface area contributed by atoms with Gasteiger partial charge in [0.05, 0.1) is 10.6 Å². The van der Waals surface area contributed by atoms with Crippen molar-refractivity contribution < 1.29 is 23.9 Å². The van der Waals surface area contributed by atoms with Crippen LogP contribution in [-0.2, 0) is 19.1 Å². The molecule has 8 heteroatoms. The number of benzene rings is 1. The van der Waals surface area contributed by atoms with Crippen LogP contribution < -0.4 is 5.32 Å². The number of carbonyl (C=O) groups excluding carboxylic acids is 4. The number of amides is 3. The molecule has 1 aromatic rings. The zero-order valence-electron chi connectivity index (χ0n) is 14.7. The van der Waals surface area contributed by atoms with Crippen LogP contribution >= 0.6 is 11.6 Å². The van der Waals surface area contributed by atoms with Crippen LogP contribution in [0.4, 0.5) is 0 Å². The summed E-state index contributed by atoms with van der Waals surface area (Å²) >= 11 is 5.99. The lowest BCUT2D eigenvalue weighted by Crippen LogP contribution is -2.46. The second-order valence-electron chi connectivity index (χ2n) is 6.33. The number of carbonyl (C=O) groups is 4. The maximum Gasteiger partial charge on any atom is 0.329 e. The highest BCUT2D eigenvalue weighted by Crippen LogP contribution is 2.16. The monoisotopic (exact) mass is 380 g/mol. The van der Waals surface area contributed by atoms with Crippen LogP contribution in [0.25, 0.3) is 0 Å². The number of likely N-dealkylation sites (tertiary alicyclic amines) is 1. The molecule has 1 saturated heterocycles. The summed E-state index contributed by atoms with van der Waals surface area (Å²) in [4.78, 5) is 49.2. The molecule has 0 bridgehead atoms. The number of halogens is 1. The molecule has 0 spiro atoms. The lowest BCUT2D eigenvalue weighted by molar-refractivity contribution is -0.156. The zero-order chi connectivity index (χ0) is 19.3. The van der Waals surface area contributed by atoms with E-state index in [9.17, 15) is 19.2 Å². The molecule has 1 aliphatic rings. The van der Waals surface area contributed by atoms with Crippen LogP contribution in [0, 0.1) is 5.92 Å². The molecule has 1 N–H and O–H groups in total. The van der Waals surface area contributed by atoms with Gasteiger partial charge in [-0.2, -0.15) is 0 Å². The van der Waals surface area contributed by atoms with E-state index >= 15 is 0 Å². The summed E-state index contributed by atoms with van der Waals surface area (Å²) in [5.74, 6) is -2.33. The largest absolute Gasteiger partial charge is 0.454 e. The summed E-state index contributed by atoms with van der Waals surface area (Å²) in [6.07, 6.45) is 0.934. The second-order valence-corrected chi connectivity index (χ2v) is 6.73. The lowest BCUT2D eigenvalue weighted by atomic mass is 10.0. The van der Waals surface area contributed by atoms with Crippen LogP contribution in [0.2, 0.25) is 5.02 Å². The molecule has 26 heavy (non-hydrogen) atoms. The molecule has 0 radical (unpaired) electrons. The number of esters is 1. The van der Waals surface area contributed by atoms with E-state index in [1.807, 2.05) is 0 Å². The second kappa shape index (κ2) is 8.80. The predicted molar refractivity (Wildman–Crippen MR) is 94.5 cm³/mol. The van der Waals surface area contributed by atoms with Gasteiger partial charge in [0.15, 0.2) is 6.61 Å². The molecule has 2 rings (SSSR count). The first kappa shape index (κ1) is 19.9. The lowest BCUT2D eigenvalue weighted by Gasteiger charge is -2.21. The molecule has 3 amide bonds. The van der Waals surface area contributed by atoms with Crippen molar-refractivity contribution in [3.63, 3.8) is 0 Å². The van der Waals surface area contributed by atoms with Gasteiger partial charge in [0.25, 0.3) is 11.8 Å². The first-order valence-corrected chi connectivity index (χ1v) is 8.74. The van der Waals surface area contributed by atoms with Crippen LogP contribution in [0.15, 0.2) is 24.3 Å². The molecular formula is C18H21ClN2O5. The third kappa shape index (κ3) is 4.82. The summed E-state index contributed by atoms with van der Waals surface area (Å²) in [5, 5.41) is 2.85. The van der Waals surface area contributed by atoms with Crippen molar-refractivity contribution >= 4 is 35.3 Å². The third-order valence-corrected chi connectivity index (χ3v) is 4.37. The van der Waals surface area contributed by atoms with E-state index in [0.29, 0.717) is 19.4 Å². The fourth-order valence-electron chi connectivity index (χ4n) is 2.57. The number of nitrogens with zero attached hydrogens (tertiary/aromatic N) is 1. The average Bonchev–Trinajstić information content (AvgIpc) is 3.03. The highest BCUT2D eigenvalue weighted by Gasteiger charge is 2.30. The van der Waals surface area contributed by atoms with Crippen LogP contribution in [0.3, 0.4) is 0 Å². The predicted octanol–water partition coefficient (Wildman–Crippen LogP) is 1.79. The van der Waals surface area contributed by atoms with Crippen molar-refractivity contribution in [1.82, 2.24) is 10.2 Å². The Morgan fingerprint density at radius 3 is 2.54 bits per heavy atom. The van der Waals surface area contributed by atoms with Crippen LogP contribution in [0.5, 0.6) is 0 Å². The highest BCUT2D eigenvalue weighted by atomic mass is 35.5. The van der Waals surface area contributed by atoms with Gasteiger partial charge in [-0.15, -0.1) is 0 Å². The van der Waals surface area contributed by atoms with Gasteiger partial charge >= 0.3 is 5.97 Å². The van der Waals surface area contributed by atoms with Gasteiger partial charge in [0, 0.05) is 13.0 Å². The first-order valence-electron chi connectivity index (χ1n) is 8.36. The Bertz CT molecular complexity index is 719. The molecule has 1 aliphatic heterocycles. The summed E-state index contributed by atoms with van der Waals surface area (Å²) in [7, 11) is 0. The van der Waals surface area contributed by atoms with Crippen molar-refractivity contribution in [3.8, 4) is 0 Å². The van der Waals surface area contributed by atoms with Crippen molar-refractivity contribution in [2.75, 3.05) is 13.2 Å². The van der Waals surface area contributed by atoms with Gasteiger partial charge in [-0.25, -0.2) is 4.79 Å². The fourth-order valence-corrected chi connectivity index (χ4v) is 2.80. The Balaban J connectivity index is 1.97. The summed E-state index contributed by atoms with van der Waals surface area (Å²) in [6, 6.07) is 5.53. The Labute approximate surface area is 156 Å². The molecule has 140 valence electrons. The van der Waals surface area contributed by atoms with Crippen LogP contribution in [-0.4, -0.2) is 47.8 Å². The summed E-state index contributed by atoms with van der Waals surface area (Å²) in [6.45, 7) is 3.29. The van der Waals surface area contributed by atoms with E-state index in [1.54, 1.807) is 38.1 Å². The molecular weight excluding hydrogens is 360 g/mol. The Morgan fingerprint density at radius 1 is 1.27 bits per heavy atom. The minimum absolute atomic E-state index is 0.242. The molecule has 0 aromatic heterocycles. The van der Waals surface area contributed by atoms with E-state index in [-0.39, 0.29) is 22.4 Å². The zero-order valence-corrected chi connectivity index (χ0v) is 15.4. The maximum atomic E-state index is 12.4. The van der Waals surface area contributed by atoms with Gasteiger partial charge in [-0.3, -0.25) is 19.3 Å². The number of nitrogens with one attached hydrogen (secondary N) is 1. The Morgan fingerprint density at radius 2 is 1.96 bits per heavy atom. The SMILES string of the molecule is CC(C)C(NC(=O)c1ccccc1Cl)C(=O)OCC(=O)N1CCCC1=O. The number of rotatable bonds is 6. The Kier molecular flexibility index (Phi) is 6.74. The Hall–Kier alpha value is -2.41. The van der Waals surface area contributed by atoms with Crippen molar-refractivity contribution in [1.29, 1.82) is 0 Å². The molecule has 1 fully saturated rings. The summed E-state index contributed by atoms with van der Waals surface area (Å²) < 4.78 is 5.02. The van der Waals surface area contributed by atoms with Crippen LogP contribution in [0.1, 0.15) is 37.0 Å². The van der Waals surface area contributed by atoms with E-state index in [1.165, 1.54) is 0 Å². The summed E-state index contributed by atoms with van der Waals surface area (Å²) in [5.41, 5.74) is 0.242. The van der Waals surface area contributed by atoms with Gasteiger partial charge < -0.3 is 10.1 Å². The quantitative estimate of drug-likeness (QED) is 0.759. The van der Waals surface area contributed by atoms with E-state index < -0.39 is 30.4 Å². The molecule has 7 nitrogen and oxygen atoms in total. The normalized spacial score (nSPS) is 15.1. The van der Waals surface area contributed by atoms with E-state index in [0.717, 1.165) is 4.90 Å². The average molecular weight is 381 g/mol. The van der Waals surface area contributed by atoms with Gasteiger partial charge in [-0.05, 0) is 24.5 Å². The fraction of sp³-hybridized carbons (Fsp3) is 0.444. The molecule has 0 aliphatic carbocycles. The van der Waals surface area contributed by atoms with E-state index in [4.69, 9.17) is 16.3 Å². The number of hydrogen-bond donors (Lipinski definition) is 1. The van der Waals surface area contributed by atoms with Crippen molar-refractivity contribution in [2.24, 2.45) is 5.92 Å². The number of imide groups is 1. The number of hydrogen-bond acceptors (Lipinski definition) is 5. The number of ether oxygens (including phenoxy) is 1. The van der Waals surface area contributed by atoms with Crippen molar-refractivity contribution in [3.05, 3.63) is 34.9 Å². The maximum absolute atomic E-state index is 12.4. The smallest absolute Gasteiger partial charge is 0.329 e. The molecule has 0 saturated carbocycles. The van der Waals surface area contributed by atoms with Crippen molar-refractivity contribution in [2.45, 2.75) is 32.7 Å². The standard InChI is InChI=1S/C18H21ClN2O5/c1-11(2)16(20-17(24)12-6-3-4-7-13(12)19)18(25)26-10-15(23)21-9-5-8-14(21)22/h3-4,6-7,11,16H,5,8-10H2,1-2H3,(H,20,24). The molecule has 1 atom stereocenters. The minimum Gasteiger partial charge on any atom is -0.454 e. The first-order chi connectivity index (χ1) is 12.3.